The molecule has 0 saturated heterocycles. The molecule has 0 aromatic heterocycles. The normalized spacial score (nSPS) is 14.3. The van der Waals surface area contributed by atoms with Gasteiger partial charge in [-0.1, -0.05) is 0 Å². The number of amides is 1. The van der Waals surface area contributed by atoms with Gasteiger partial charge in [0.2, 0.25) is 0 Å². The summed E-state index contributed by atoms with van der Waals surface area (Å²) >= 11 is 0. The minimum atomic E-state index is -6.14. The third-order valence-electron chi connectivity index (χ3n) is 1.50. The van der Waals surface area contributed by atoms with E-state index < -0.39 is 29.8 Å². The topological polar surface area (TPSA) is 58.6 Å². The number of nitrogens with one attached hydrogen (secondary N) is 1. The second-order valence-electron chi connectivity index (χ2n) is 4.33. The number of aliphatic hydroxyl groups is 1. The molecule has 10 heteroatoms. The van der Waals surface area contributed by atoms with Crippen LogP contribution in [0.4, 0.5) is 31.1 Å². The van der Waals surface area contributed by atoms with Crippen molar-refractivity contribution in [2.24, 2.45) is 0 Å². The lowest BCUT2D eigenvalue weighted by Crippen LogP contribution is -2.68. The van der Waals surface area contributed by atoms with Crippen molar-refractivity contribution in [1.29, 1.82) is 0 Å². The SMILES string of the molecule is CC(C)(C)OC(=O)NC(O)(C(F)(F)F)C(F)(F)F. The van der Waals surface area contributed by atoms with Crippen molar-refractivity contribution in [1.82, 2.24) is 5.32 Å². The van der Waals surface area contributed by atoms with Crippen molar-refractivity contribution in [3.8, 4) is 0 Å². The van der Waals surface area contributed by atoms with E-state index in [2.05, 4.69) is 4.74 Å². The molecule has 2 N–H and O–H groups in total. The van der Waals surface area contributed by atoms with Crippen molar-refractivity contribution in [2.75, 3.05) is 0 Å². The van der Waals surface area contributed by atoms with Crippen molar-refractivity contribution >= 4 is 6.09 Å². The third-order valence-corrected chi connectivity index (χ3v) is 1.50. The van der Waals surface area contributed by atoms with Crippen LogP contribution in [-0.4, -0.2) is 34.9 Å². The van der Waals surface area contributed by atoms with Gasteiger partial charge in [-0.25, -0.2) is 4.79 Å². The average Bonchev–Trinajstić information content (AvgIpc) is 1.94. The molecular formula is C8H11F6NO3. The quantitative estimate of drug-likeness (QED) is 0.573. The van der Waals surface area contributed by atoms with Gasteiger partial charge < -0.3 is 9.84 Å². The van der Waals surface area contributed by atoms with Crippen molar-refractivity contribution in [3.63, 3.8) is 0 Å². The summed E-state index contributed by atoms with van der Waals surface area (Å²) in [6, 6.07) is 0. The summed E-state index contributed by atoms with van der Waals surface area (Å²) in [6.07, 6.45) is -14.3. The number of hydrogen-bond acceptors (Lipinski definition) is 3. The maximum absolute atomic E-state index is 12.2. The molecule has 4 nitrogen and oxygen atoms in total. The molecule has 0 rings (SSSR count). The van der Waals surface area contributed by atoms with Gasteiger partial charge in [0.05, 0.1) is 0 Å². The monoisotopic (exact) mass is 283 g/mol. The molecule has 0 aromatic rings. The second-order valence-corrected chi connectivity index (χ2v) is 4.33. The lowest BCUT2D eigenvalue weighted by atomic mass is 10.2. The summed E-state index contributed by atoms with van der Waals surface area (Å²) in [5.74, 6) is 0. The fourth-order valence-electron chi connectivity index (χ4n) is 0.754. The van der Waals surface area contributed by atoms with E-state index in [4.69, 9.17) is 5.11 Å². The van der Waals surface area contributed by atoms with Crippen LogP contribution < -0.4 is 5.32 Å². The maximum Gasteiger partial charge on any atom is 0.446 e. The van der Waals surface area contributed by atoms with Gasteiger partial charge in [0, 0.05) is 0 Å². The summed E-state index contributed by atoms with van der Waals surface area (Å²) in [7, 11) is 0. The number of rotatable bonds is 1. The van der Waals surface area contributed by atoms with E-state index in [9.17, 15) is 31.1 Å². The van der Waals surface area contributed by atoms with Crippen LogP contribution in [-0.2, 0) is 4.74 Å². The summed E-state index contributed by atoms with van der Waals surface area (Å²) in [4.78, 5) is 10.9. The number of halogens is 6. The Labute approximate surface area is 97.9 Å². The van der Waals surface area contributed by atoms with Gasteiger partial charge in [-0.3, -0.25) is 5.32 Å². The number of alkyl carbamates (subject to hydrolysis) is 1. The molecule has 0 aliphatic carbocycles. The largest absolute Gasteiger partial charge is 0.446 e. The highest BCUT2D eigenvalue weighted by molar-refractivity contribution is 5.68. The van der Waals surface area contributed by atoms with E-state index in [1.165, 1.54) is 20.8 Å². The molecule has 18 heavy (non-hydrogen) atoms. The van der Waals surface area contributed by atoms with Gasteiger partial charge in [0.1, 0.15) is 5.60 Å². The van der Waals surface area contributed by atoms with Crippen LogP contribution in [0.2, 0.25) is 0 Å². The van der Waals surface area contributed by atoms with Gasteiger partial charge in [-0.05, 0) is 20.8 Å². The van der Waals surface area contributed by atoms with E-state index in [1.807, 2.05) is 0 Å². The van der Waals surface area contributed by atoms with Gasteiger partial charge in [-0.15, -0.1) is 0 Å². The Morgan fingerprint density at radius 1 is 1.00 bits per heavy atom. The van der Waals surface area contributed by atoms with Crippen molar-refractivity contribution in [2.45, 2.75) is 44.4 Å². The summed E-state index contributed by atoms with van der Waals surface area (Å²) in [5, 5.41) is 8.96. The van der Waals surface area contributed by atoms with Crippen LogP contribution in [0.3, 0.4) is 0 Å². The standard InChI is InChI=1S/C8H11F6NO3/c1-5(2,3)18-4(16)15-6(17,7(9,10)11)8(12,13)14/h17H,1-3H3,(H,15,16). The molecule has 0 saturated carbocycles. The number of carbonyl (C=O) groups excluding carboxylic acids is 1. The van der Waals surface area contributed by atoms with Crippen LogP contribution in [0, 0.1) is 0 Å². The molecule has 0 aromatic carbocycles. The molecule has 0 atom stereocenters. The highest BCUT2D eigenvalue weighted by Crippen LogP contribution is 2.41. The minimum Gasteiger partial charge on any atom is -0.444 e. The molecule has 1 amide bonds. The number of hydrogen-bond donors (Lipinski definition) is 2. The first-order valence-electron chi connectivity index (χ1n) is 4.47. The highest BCUT2D eigenvalue weighted by Gasteiger charge is 2.72. The van der Waals surface area contributed by atoms with Gasteiger partial charge in [0.15, 0.2) is 0 Å². The predicted molar refractivity (Wildman–Crippen MR) is 46.4 cm³/mol. The first kappa shape index (κ1) is 16.8. The molecule has 0 spiro atoms. The Bertz CT molecular complexity index is 302. The molecule has 0 bridgehead atoms. The molecule has 0 heterocycles. The van der Waals surface area contributed by atoms with E-state index in [1.54, 1.807) is 0 Å². The summed E-state index contributed by atoms with van der Waals surface area (Å²) < 4.78 is 77.1. The zero-order valence-electron chi connectivity index (χ0n) is 9.53. The van der Waals surface area contributed by atoms with Crippen LogP contribution >= 0.6 is 0 Å². The zero-order valence-corrected chi connectivity index (χ0v) is 9.53. The Kier molecular flexibility index (Phi) is 4.19. The van der Waals surface area contributed by atoms with Crippen LogP contribution in [0.5, 0.6) is 0 Å². The second kappa shape index (κ2) is 4.48. The fraction of sp³-hybridized carbons (Fsp3) is 0.875. The van der Waals surface area contributed by atoms with Crippen molar-refractivity contribution in [3.05, 3.63) is 0 Å². The molecular weight excluding hydrogens is 272 g/mol. The van der Waals surface area contributed by atoms with Gasteiger partial charge >= 0.3 is 24.2 Å². The lowest BCUT2D eigenvalue weighted by Gasteiger charge is -2.33. The van der Waals surface area contributed by atoms with E-state index in [-0.39, 0.29) is 0 Å². The number of ether oxygens (including phenoxy) is 1. The minimum absolute atomic E-state index is 0.374. The smallest absolute Gasteiger partial charge is 0.444 e. The highest BCUT2D eigenvalue weighted by atomic mass is 19.4. The Morgan fingerprint density at radius 3 is 1.56 bits per heavy atom. The van der Waals surface area contributed by atoms with Crippen molar-refractivity contribution < 1.29 is 41.0 Å². The van der Waals surface area contributed by atoms with Crippen LogP contribution in [0.1, 0.15) is 20.8 Å². The van der Waals surface area contributed by atoms with Crippen LogP contribution in [0.15, 0.2) is 0 Å². The average molecular weight is 283 g/mol. The van der Waals surface area contributed by atoms with Gasteiger partial charge in [-0.2, -0.15) is 26.3 Å². The Hall–Kier alpha value is -1.19. The fourth-order valence-corrected chi connectivity index (χ4v) is 0.754. The molecule has 0 radical (unpaired) electrons. The molecule has 108 valence electrons. The summed E-state index contributed by atoms with van der Waals surface area (Å²) in [6.45, 7) is 3.69. The van der Waals surface area contributed by atoms with Gasteiger partial charge in [0.25, 0.3) is 0 Å². The molecule has 0 fully saturated rings. The molecule has 0 aliphatic rings. The van der Waals surface area contributed by atoms with E-state index in [0.717, 1.165) is 0 Å². The van der Waals surface area contributed by atoms with E-state index in [0.29, 0.717) is 5.32 Å². The summed E-state index contributed by atoms with van der Waals surface area (Å²) in [5.41, 5.74) is -6.68. The molecule has 0 aliphatic heterocycles. The lowest BCUT2D eigenvalue weighted by molar-refractivity contribution is -0.376. The van der Waals surface area contributed by atoms with Crippen LogP contribution in [0.25, 0.3) is 0 Å². The first-order valence-corrected chi connectivity index (χ1v) is 4.47. The predicted octanol–water partition coefficient (Wildman–Crippen LogP) is 2.32. The maximum atomic E-state index is 12.2. The number of carbonyl (C=O) groups is 1. The third kappa shape index (κ3) is 3.93. The van der Waals surface area contributed by atoms with E-state index >= 15 is 0 Å². The Morgan fingerprint density at radius 2 is 1.33 bits per heavy atom. The first-order chi connectivity index (χ1) is 7.60. The number of alkyl halides is 6. The zero-order chi connectivity index (χ0) is 15.0. The molecule has 0 unspecified atom stereocenters. The Balaban J connectivity index is 5.13.